The number of fused-ring (bicyclic) bond motifs is 1. The number of anilines is 1. The number of aromatic nitrogens is 1. The van der Waals surface area contributed by atoms with Crippen molar-refractivity contribution in [3.05, 3.63) is 57.8 Å². The molecule has 2 heterocycles. The number of carbonyl (C=O) groups excluding carboxylic acids is 1. The number of pyridine rings is 1. The summed E-state index contributed by atoms with van der Waals surface area (Å²) in [5, 5.41) is 11.1. The molecule has 1 aromatic heterocycles. The van der Waals surface area contributed by atoms with Gasteiger partial charge in [0, 0.05) is 29.2 Å². The van der Waals surface area contributed by atoms with Gasteiger partial charge in [0.05, 0.1) is 11.4 Å². The van der Waals surface area contributed by atoms with Crippen LogP contribution < -0.4 is 4.90 Å². The van der Waals surface area contributed by atoms with Crippen LogP contribution in [0.2, 0.25) is 10.0 Å². The van der Waals surface area contributed by atoms with Gasteiger partial charge in [0.15, 0.2) is 6.10 Å². The second-order valence-corrected chi connectivity index (χ2v) is 5.69. The van der Waals surface area contributed by atoms with Crippen molar-refractivity contribution in [3.63, 3.8) is 0 Å². The van der Waals surface area contributed by atoms with Gasteiger partial charge in [-0.3, -0.25) is 9.78 Å². The fraction of sp³-hybridized carbons (Fsp3) is 0.200. The van der Waals surface area contributed by atoms with Gasteiger partial charge in [-0.15, -0.1) is 0 Å². The molecule has 0 bridgehead atoms. The van der Waals surface area contributed by atoms with Crippen molar-refractivity contribution >= 4 is 34.8 Å². The summed E-state index contributed by atoms with van der Waals surface area (Å²) in [7, 11) is 0. The summed E-state index contributed by atoms with van der Waals surface area (Å²) in [6.45, 7) is 0.510. The van der Waals surface area contributed by atoms with Crippen molar-refractivity contribution in [2.75, 3.05) is 11.4 Å². The number of aliphatic hydroxyl groups is 1. The number of amides is 1. The number of hydrogen-bond donors (Lipinski definition) is 1. The Morgan fingerprint density at radius 2 is 2.00 bits per heavy atom. The second kappa shape index (κ2) is 5.64. The molecule has 4 nitrogen and oxygen atoms in total. The highest BCUT2D eigenvalue weighted by atomic mass is 35.5. The maximum atomic E-state index is 12.5. The first-order valence-corrected chi connectivity index (χ1v) is 7.21. The Balaban J connectivity index is 1.89. The molecule has 0 spiro atoms. The van der Waals surface area contributed by atoms with Crippen LogP contribution in [-0.4, -0.2) is 22.5 Å². The Morgan fingerprint density at radius 1 is 1.29 bits per heavy atom. The van der Waals surface area contributed by atoms with Crippen LogP contribution >= 0.6 is 23.2 Å². The van der Waals surface area contributed by atoms with Crippen molar-refractivity contribution in [2.24, 2.45) is 0 Å². The van der Waals surface area contributed by atoms with Crippen LogP contribution in [0.15, 0.2) is 36.5 Å². The monoisotopic (exact) mass is 322 g/mol. The average molecular weight is 323 g/mol. The van der Waals surface area contributed by atoms with E-state index < -0.39 is 12.0 Å². The summed E-state index contributed by atoms with van der Waals surface area (Å²) in [5.41, 5.74) is 1.99. The van der Waals surface area contributed by atoms with Crippen molar-refractivity contribution in [2.45, 2.75) is 12.5 Å². The Bertz CT molecular complexity index is 686. The van der Waals surface area contributed by atoms with Crippen molar-refractivity contribution in [1.82, 2.24) is 4.98 Å². The normalized spacial score (nSPS) is 14.9. The molecule has 3 rings (SSSR count). The Morgan fingerprint density at radius 3 is 2.71 bits per heavy atom. The standard InChI is InChI=1S/C15H12Cl2N2O2/c16-10-6-9(7-11(17)8-10)14(20)15(21)19-5-3-12-13(19)2-1-4-18-12/h1-2,4,6-8,14,20H,3,5H2. The minimum Gasteiger partial charge on any atom is -0.378 e. The van der Waals surface area contributed by atoms with E-state index in [0.29, 0.717) is 28.6 Å². The fourth-order valence-electron chi connectivity index (χ4n) is 2.46. The van der Waals surface area contributed by atoms with Crippen LogP contribution in [0, 0.1) is 0 Å². The van der Waals surface area contributed by atoms with Gasteiger partial charge in [-0.2, -0.15) is 0 Å². The quantitative estimate of drug-likeness (QED) is 0.924. The number of halogens is 2. The van der Waals surface area contributed by atoms with E-state index in [2.05, 4.69) is 4.98 Å². The smallest absolute Gasteiger partial charge is 0.260 e. The highest BCUT2D eigenvalue weighted by molar-refractivity contribution is 6.34. The van der Waals surface area contributed by atoms with Crippen LogP contribution in [-0.2, 0) is 11.2 Å². The number of carbonyl (C=O) groups is 1. The van der Waals surface area contributed by atoms with Gasteiger partial charge in [0.2, 0.25) is 0 Å². The number of nitrogens with zero attached hydrogens (tertiary/aromatic N) is 2. The van der Waals surface area contributed by atoms with Crippen LogP contribution in [0.1, 0.15) is 17.4 Å². The minimum atomic E-state index is -1.30. The van der Waals surface area contributed by atoms with Crippen molar-refractivity contribution in [3.8, 4) is 0 Å². The molecule has 1 amide bonds. The molecule has 21 heavy (non-hydrogen) atoms. The van der Waals surface area contributed by atoms with E-state index in [0.717, 1.165) is 11.4 Å². The average Bonchev–Trinajstić information content (AvgIpc) is 2.88. The van der Waals surface area contributed by atoms with E-state index in [-0.39, 0.29) is 0 Å². The van der Waals surface area contributed by atoms with Gasteiger partial charge >= 0.3 is 0 Å². The van der Waals surface area contributed by atoms with E-state index in [9.17, 15) is 9.90 Å². The lowest BCUT2D eigenvalue weighted by atomic mass is 10.1. The lowest BCUT2D eigenvalue weighted by Crippen LogP contribution is -2.33. The Hall–Kier alpha value is -1.62. The summed E-state index contributed by atoms with van der Waals surface area (Å²) >= 11 is 11.8. The highest BCUT2D eigenvalue weighted by Crippen LogP contribution is 2.30. The van der Waals surface area contributed by atoms with Crippen LogP contribution in [0.4, 0.5) is 5.69 Å². The summed E-state index contributed by atoms with van der Waals surface area (Å²) in [5.74, 6) is -0.403. The van der Waals surface area contributed by atoms with E-state index in [1.165, 1.54) is 12.1 Å². The fourth-order valence-corrected chi connectivity index (χ4v) is 3.00. The van der Waals surface area contributed by atoms with Gasteiger partial charge in [-0.05, 0) is 35.9 Å². The maximum Gasteiger partial charge on any atom is 0.260 e. The zero-order valence-electron chi connectivity index (χ0n) is 11.0. The second-order valence-electron chi connectivity index (χ2n) is 4.81. The third kappa shape index (κ3) is 2.75. The molecule has 0 fully saturated rings. The van der Waals surface area contributed by atoms with Gasteiger partial charge in [0.1, 0.15) is 0 Å². The van der Waals surface area contributed by atoms with Crippen LogP contribution in [0.3, 0.4) is 0 Å². The van der Waals surface area contributed by atoms with Crippen molar-refractivity contribution in [1.29, 1.82) is 0 Å². The third-order valence-corrected chi connectivity index (χ3v) is 3.87. The molecule has 1 N–H and O–H groups in total. The summed E-state index contributed by atoms with van der Waals surface area (Å²) in [6, 6.07) is 8.23. The van der Waals surface area contributed by atoms with E-state index in [4.69, 9.17) is 23.2 Å². The number of hydrogen-bond acceptors (Lipinski definition) is 3. The van der Waals surface area contributed by atoms with E-state index in [1.54, 1.807) is 23.2 Å². The molecule has 2 aromatic rings. The molecule has 0 aliphatic carbocycles. The topological polar surface area (TPSA) is 53.4 Å². The largest absolute Gasteiger partial charge is 0.378 e. The van der Waals surface area contributed by atoms with Crippen LogP contribution in [0.5, 0.6) is 0 Å². The predicted molar refractivity (Wildman–Crippen MR) is 81.7 cm³/mol. The molecule has 1 aliphatic rings. The zero-order chi connectivity index (χ0) is 15.0. The summed E-state index contributed by atoms with van der Waals surface area (Å²) < 4.78 is 0. The number of benzene rings is 1. The predicted octanol–water partition coefficient (Wildman–Crippen LogP) is 3.01. The van der Waals surface area contributed by atoms with Crippen molar-refractivity contribution < 1.29 is 9.90 Å². The number of rotatable bonds is 2. The lowest BCUT2D eigenvalue weighted by molar-refractivity contribution is -0.126. The lowest BCUT2D eigenvalue weighted by Gasteiger charge is -2.21. The molecule has 0 radical (unpaired) electrons. The Labute approximate surface area is 131 Å². The number of aliphatic hydroxyl groups excluding tert-OH is 1. The third-order valence-electron chi connectivity index (χ3n) is 3.43. The molecule has 1 aromatic carbocycles. The first-order chi connectivity index (χ1) is 10.1. The molecular weight excluding hydrogens is 311 g/mol. The maximum absolute atomic E-state index is 12.5. The molecule has 1 aliphatic heterocycles. The first kappa shape index (κ1) is 14.3. The highest BCUT2D eigenvalue weighted by Gasteiger charge is 2.30. The van der Waals surface area contributed by atoms with Gasteiger partial charge in [-0.1, -0.05) is 23.2 Å². The van der Waals surface area contributed by atoms with E-state index in [1.807, 2.05) is 6.07 Å². The molecule has 0 saturated carbocycles. The van der Waals surface area contributed by atoms with E-state index >= 15 is 0 Å². The van der Waals surface area contributed by atoms with Gasteiger partial charge in [0.25, 0.3) is 5.91 Å². The van der Waals surface area contributed by atoms with Crippen LogP contribution in [0.25, 0.3) is 0 Å². The summed E-state index contributed by atoms with van der Waals surface area (Å²) in [4.78, 5) is 18.3. The first-order valence-electron chi connectivity index (χ1n) is 6.45. The molecular formula is C15H12Cl2N2O2. The summed E-state index contributed by atoms with van der Waals surface area (Å²) in [6.07, 6.45) is 1.08. The SMILES string of the molecule is O=C(C(O)c1cc(Cl)cc(Cl)c1)N1CCc2ncccc21. The zero-order valence-corrected chi connectivity index (χ0v) is 12.5. The van der Waals surface area contributed by atoms with Gasteiger partial charge in [-0.25, -0.2) is 0 Å². The molecule has 1 atom stereocenters. The minimum absolute atomic E-state index is 0.382. The molecule has 6 heteroatoms. The molecule has 0 saturated heterocycles. The molecule has 108 valence electrons. The van der Waals surface area contributed by atoms with Gasteiger partial charge < -0.3 is 10.0 Å². The molecule has 1 unspecified atom stereocenters. The Kier molecular flexibility index (Phi) is 3.85.